The summed E-state index contributed by atoms with van der Waals surface area (Å²) >= 11 is 6.24. The number of hydrogen-bond acceptors (Lipinski definition) is 6. The fraction of sp³-hybridized carbons (Fsp3) is 0.500. The molecule has 9 nitrogen and oxygen atoms in total. The van der Waals surface area contributed by atoms with Crippen LogP contribution < -0.4 is 5.32 Å². The van der Waals surface area contributed by atoms with Crippen molar-refractivity contribution < 1.29 is 27.8 Å². The number of rotatable bonds is 6. The molecule has 0 aromatic carbocycles. The summed E-state index contributed by atoms with van der Waals surface area (Å²) in [5.74, 6) is -3.73. The second-order valence-corrected chi connectivity index (χ2v) is 6.51. The number of fused-ring (bicyclic) bond motifs is 1. The molecule has 1 atom stereocenters. The van der Waals surface area contributed by atoms with E-state index in [2.05, 4.69) is 15.4 Å². The van der Waals surface area contributed by atoms with Crippen molar-refractivity contribution in [2.45, 2.75) is 18.9 Å². The molecule has 3 heterocycles. The van der Waals surface area contributed by atoms with Crippen LogP contribution in [-0.2, 0) is 9.47 Å². The van der Waals surface area contributed by atoms with Crippen molar-refractivity contribution in [3.05, 3.63) is 28.7 Å². The van der Waals surface area contributed by atoms with Gasteiger partial charge in [-0.15, -0.1) is 0 Å². The number of esters is 1. The number of methoxy groups -OCH3 is 1. The molecule has 1 N–H and O–H groups in total. The first kappa shape index (κ1) is 20.2. The third kappa shape index (κ3) is 3.99. The fourth-order valence-electron chi connectivity index (χ4n) is 2.89. The Morgan fingerprint density at radius 2 is 2.25 bits per heavy atom. The van der Waals surface area contributed by atoms with Gasteiger partial charge in [-0.05, 0) is 13.0 Å². The summed E-state index contributed by atoms with van der Waals surface area (Å²) in [6.07, 6.45) is 1.34. The van der Waals surface area contributed by atoms with Crippen LogP contribution in [0, 0.1) is 0 Å². The lowest BCUT2D eigenvalue weighted by molar-refractivity contribution is -0.0509. The van der Waals surface area contributed by atoms with E-state index in [1.165, 1.54) is 23.9 Å². The van der Waals surface area contributed by atoms with Crippen LogP contribution in [0.1, 0.15) is 29.0 Å². The Bertz CT molecular complexity index is 907. The minimum Gasteiger partial charge on any atom is -0.461 e. The Morgan fingerprint density at radius 1 is 1.50 bits per heavy atom. The molecule has 0 unspecified atom stereocenters. The largest absolute Gasteiger partial charge is 0.461 e. The van der Waals surface area contributed by atoms with Gasteiger partial charge in [-0.25, -0.2) is 27.9 Å². The molecule has 1 aliphatic heterocycles. The van der Waals surface area contributed by atoms with Gasteiger partial charge in [-0.3, -0.25) is 0 Å². The number of ether oxygens (including phenoxy) is 2. The van der Waals surface area contributed by atoms with E-state index < -0.39 is 37.1 Å². The maximum absolute atomic E-state index is 13.8. The van der Waals surface area contributed by atoms with Crippen LogP contribution in [0.15, 0.2) is 12.3 Å². The molecule has 28 heavy (non-hydrogen) atoms. The Labute approximate surface area is 163 Å². The highest BCUT2D eigenvalue weighted by atomic mass is 35.5. The van der Waals surface area contributed by atoms with Crippen molar-refractivity contribution in [2.75, 3.05) is 33.4 Å². The monoisotopic (exact) mass is 417 g/mol. The highest BCUT2D eigenvalue weighted by Gasteiger charge is 2.42. The van der Waals surface area contributed by atoms with Gasteiger partial charge in [-0.2, -0.15) is 5.10 Å². The van der Waals surface area contributed by atoms with Gasteiger partial charge >= 0.3 is 12.0 Å². The number of halogens is 3. The Balaban J connectivity index is 2.01. The highest BCUT2D eigenvalue weighted by molar-refractivity contribution is 6.30. The zero-order valence-electron chi connectivity index (χ0n) is 15.1. The topological polar surface area (TPSA) is 98.1 Å². The van der Waals surface area contributed by atoms with Crippen molar-refractivity contribution in [2.24, 2.45) is 0 Å². The molecule has 0 bridgehead atoms. The van der Waals surface area contributed by atoms with Gasteiger partial charge in [0.2, 0.25) is 0 Å². The number of hydrogen-bond donors (Lipinski definition) is 1. The predicted octanol–water partition coefficient (Wildman–Crippen LogP) is 1.91. The molecule has 0 saturated carbocycles. The molecule has 152 valence electrons. The fourth-order valence-corrected chi connectivity index (χ4v) is 3.15. The molecular weight excluding hydrogens is 400 g/mol. The maximum Gasteiger partial charge on any atom is 0.358 e. The summed E-state index contributed by atoms with van der Waals surface area (Å²) in [4.78, 5) is 29.1. The third-order valence-electron chi connectivity index (χ3n) is 4.14. The summed E-state index contributed by atoms with van der Waals surface area (Å²) < 4.78 is 39.0. The third-order valence-corrected chi connectivity index (χ3v) is 4.43. The first-order valence-electron chi connectivity index (χ1n) is 8.40. The van der Waals surface area contributed by atoms with Gasteiger partial charge in [0.05, 0.1) is 38.5 Å². The smallest absolute Gasteiger partial charge is 0.358 e. The number of aromatic nitrogens is 3. The SMILES string of the molecule is CCOC(=O)c1cn2nc(Cl)c([C@@H](COC)N3CC(F)(F)CNC3=O)cc2n1. The second kappa shape index (κ2) is 7.84. The molecule has 12 heteroatoms. The van der Waals surface area contributed by atoms with Crippen molar-refractivity contribution in [3.63, 3.8) is 0 Å². The maximum atomic E-state index is 13.8. The first-order chi connectivity index (χ1) is 13.3. The van der Waals surface area contributed by atoms with Gasteiger partial charge in [-0.1, -0.05) is 11.6 Å². The molecule has 2 amide bonds. The van der Waals surface area contributed by atoms with E-state index in [9.17, 15) is 18.4 Å². The van der Waals surface area contributed by atoms with Crippen LogP contribution in [0.3, 0.4) is 0 Å². The summed E-state index contributed by atoms with van der Waals surface area (Å²) in [5.41, 5.74) is 0.533. The van der Waals surface area contributed by atoms with Crippen molar-refractivity contribution in [1.82, 2.24) is 24.8 Å². The Morgan fingerprint density at radius 3 is 2.93 bits per heavy atom. The predicted molar refractivity (Wildman–Crippen MR) is 93.6 cm³/mol. The molecule has 0 radical (unpaired) electrons. The van der Waals surface area contributed by atoms with Crippen molar-refractivity contribution in [1.29, 1.82) is 0 Å². The van der Waals surface area contributed by atoms with Crippen molar-refractivity contribution >= 4 is 29.2 Å². The zero-order valence-corrected chi connectivity index (χ0v) is 15.9. The van der Waals surface area contributed by atoms with E-state index in [4.69, 9.17) is 21.1 Å². The van der Waals surface area contributed by atoms with E-state index >= 15 is 0 Å². The minimum absolute atomic E-state index is 0.0214. The summed E-state index contributed by atoms with van der Waals surface area (Å²) in [6, 6.07) is -0.120. The summed E-state index contributed by atoms with van der Waals surface area (Å²) in [6.45, 7) is 0.218. The molecule has 0 spiro atoms. The number of imidazole rings is 1. The van der Waals surface area contributed by atoms with Crippen molar-refractivity contribution in [3.8, 4) is 0 Å². The number of nitrogens with zero attached hydrogens (tertiary/aromatic N) is 4. The van der Waals surface area contributed by atoms with E-state index in [-0.39, 0.29) is 35.3 Å². The average molecular weight is 418 g/mol. The van der Waals surface area contributed by atoms with Gasteiger partial charge in [0.25, 0.3) is 5.92 Å². The van der Waals surface area contributed by atoms with Gasteiger partial charge in [0, 0.05) is 12.7 Å². The summed E-state index contributed by atoms with van der Waals surface area (Å²) in [5, 5.41) is 6.23. The van der Waals surface area contributed by atoms with Gasteiger partial charge < -0.3 is 19.7 Å². The zero-order chi connectivity index (χ0) is 20.5. The number of nitrogens with one attached hydrogen (secondary N) is 1. The number of carbonyl (C=O) groups excluding carboxylic acids is 2. The molecule has 2 aromatic rings. The number of carbonyl (C=O) groups is 2. The average Bonchev–Trinajstić information content (AvgIpc) is 3.04. The van der Waals surface area contributed by atoms with Crippen LogP contribution in [0.5, 0.6) is 0 Å². The highest BCUT2D eigenvalue weighted by Crippen LogP contribution is 2.31. The van der Waals surface area contributed by atoms with Crippen LogP contribution in [-0.4, -0.2) is 70.8 Å². The standard InChI is InChI=1S/C16H18ClF2N5O4/c1-3-28-14(25)10-5-24-12(21-10)4-9(13(17)22-24)11(6-27-2)23-8-16(18,19)7-20-15(23)26/h4-5,11H,3,6-8H2,1-2H3,(H,20,26)/t11-/m1/s1. The molecular formula is C16H18ClF2N5O4. The number of alkyl halides is 2. The lowest BCUT2D eigenvalue weighted by atomic mass is 10.1. The normalized spacial score (nSPS) is 17.5. The quantitative estimate of drug-likeness (QED) is 0.721. The minimum atomic E-state index is -3.10. The lowest BCUT2D eigenvalue weighted by Gasteiger charge is -2.38. The first-order valence-corrected chi connectivity index (χ1v) is 8.77. The van der Waals surface area contributed by atoms with E-state index in [1.807, 2.05) is 0 Å². The van der Waals surface area contributed by atoms with E-state index in [0.717, 1.165) is 4.90 Å². The Kier molecular flexibility index (Phi) is 5.66. The number of amides is 2. The molecule has 1 fully saturated rings. The van der Waals surface area contributed by atoms with Crippen LogP contribution >= 0.6 is 11.6 Å². The molecule has 1 saturated heterocycles. The van der Waals surface area contributed by atoms with Crippen LogP contribution in [0.25, 0.3) is 5.65 Å². The molecule has 1 aliphatic rings. The second-order valence-electron chi connectivity index (χ2n) is 6.15. The van der Waals surface area contributed by atoms with Gasteiger partial charge in [0.1, 0.15) is 0 Å². The van der Waals surface area contributed by atoms with Crippen LogP contribution in [0.4, 0.5) is 13.6 Å². The Hall–Kier alpha value is -2.53. The van der Waals surface area contributed by atoms with Gasteiger partial charge in [0.15, 0.2) is 16.5 Å². The van der Waals surface area contributed by atoms with Crippen LogP contribution in [0.2, 0.25) is 5.15 Å². The summed E-state index contributed by atoms with van der Waals surface area (Å²) in [7, 11) is 1.38. The number of urea groups is 1. The lowest BCUT2D eigenvalue weighted by Crippen LogP contribution is -2.58. The molecule has 2 aromatic heterocycles. The molecule has 0 aliphatic carbocycles. The molecule has 3 rings (SSSR count). The van der Waals surface area contributed by atoms with E-state index in [0.29, 0.717) is 0 Å². The van der Waals surface area contributed by atoms with E-state index in [1.54, 1.807) is 6.92 Å².